The number of hydrogen-bond donors (Lipinski definition) is 0. The van der Waals surface area contributed by atoms with Gasteiger partial charge in [0, 0.05) is 30.8 Å². The number of rotatable bonds is 4. The van der Waals surface area contributed by atoms with Crippen molar-refractivity contribution in [2.75, 3.05) is 0 Å². The van der Waals surface area contributed by atoms with Crippen molar-refractivity contribution in [2.24, 2.45) is 7.05 Å². The lowest BCUT2D eigenvalue weighted by atomic mass is 10.0. The van der Waals surface area contributed by atoms with Gasteiger partial charge in [0.2, 0.25) is 5.43 Å². The number of aromatic nitrogens is 1. The zero-order valence-corrected chi connectivity index (χ0v) is 14.8. The van der Waals surface area contributed by atoms with Crippen LogP contribution in [0.3, 0.4) is 0 Å². The number of benzene rings is 2. The fourth-order valence-electron chi connectivity index (χ4n) is 2.58. The van der Waals surface area contributed by atoms with Crippen molar-refractivity contribution in [3.8, 4) is 11.1 Å². The molecule has 2 nitrogen and oxygen atoms in total. The molecule has 0 aliphatic carbocycles. The van der Waals surface area contributed by atoms with Crippen LogP contribution >= 0.6 is 11.8 Å². The van der Waals surface area contributed by atoms with E-state index in [2.05, 4.69) is 0 Å². The van der Waals surface area contributed by atoms with E-state index in [1.807, 2.05) is 30.3 Å². The largest absolute Gasteiger partial charge is 0.416 e. The first-order valence-electron chi connectivity index (χ1n) is 7.89. The summed E-state index contributed by atoms with van der Waals surface area (Å²) >= 11 is 1.38. The van der Waals surface area contributed by atoms with Crippen molar-refractivity contribution < 1.29 is 13.2 Å². The zero-order chi connectivity index (χ0) is 18.7. The molecule has 0 saturated carbocycles. The summed E-state index contributed by atoms with van der Waals surface area (Å²) < 4.78 is 40.6. The average Bonchev–Trinajstić information content (AvgIpc) is 2.62. The Bertz CT molecular complexity index is 965. The van der Waals surface area contributed by atoms with Gasteiger partial charge < -0.3 is 4.57 Å². The molecule has 1 aromatic heterocycles. The third-order valence-corrected chi connectivity index (χ3v) is 4.94. The van der Waals surface area contributed by atoms with Crippen LogP contribution in [-0.2, 0) is 19.0 Å². The number of hydrogen-bond acceptors (Lipinski definition) is 2. The van der Waals surface area contributed by atoms with Crippen LogP contribution in [-0.4, -0.2) is 4.57 Å². The molecule has 0 saturated heterocycles. The Morgan fingerprint density at radius 1 is 1.00 bits per heavy atom. The van der Waals surface area contributed by atoms with Crippen molar-refractivity contribution in [3.63, 3.8) is 0 Å². The maximum absolute atomic E-state index is 13.0. The van der Waals surface area contributed by atoms with E-state index >= 15 is 0 Å². The molecule has 26 heavy (non-hydrogen) atoms. The molecule has 3 aromatic rings. The molecule has 134 valence electrons. The van der Waals surface area contributed by atoms with Gasteiger partial charge in [-0.25, -0.2) is 0 Å². The zero-order valence-electron chi connectivity index (χ0n) is 14.0. The van der Waals surface area contributed by atoms with Crippen LogP contribution in [0.5, 0.6) is 0 Å². The Hall–Kier alpha value is -2.47. The quantitative estimate of drug-likeness (QED) is 0.573. The van der Waals surface area contributed by atoms with Crippen molar-refractivity contribution in [3.05, 3.63) is 88.3 Å². The second-order valence-electron chi connectivity index (χ2n) is 5.88. The highest BCUT2D eigenvalue weighted by Crippen LogP contribution is 2.32. The first kappa shape index (κ1) is 18.3. The molecule has 6 heteroatoms. The minimum absolute atomic E-state index is 0.261. The third kappa shape index (κ3) is 4.19. The van der Waals surface area contributed by atoms with E-state index in [0.29, 0.717) is 10.6 Å². The van der Waals surface area contributed by atoms with Crippen LogP contribution in [0.4, 0.5) is 13.2 Å². The predicted octanol–water partition coefficient (Wildman–Crippen LogP) is 5.36. The van der Waals surface area contributed by atoms with Crippen LogP contribution < -0.4 is 5.43 Å². The average molecular weight is 375 g/mol. The van der Waals surface area contributed by atoms with E-state index in [1.165, 1.54) is 23.9 Å². The molecule has 1 heterocycles. The summed E-state index contributed by atoms with van der Waals surface area (Å²) in [6.45, 7) is 0. The predicted molar refractivity (Wildman–Crippen MR) is 98.1 cm³/mol. The number of thioether (sulfide) groups is 1. The van der Waals surface area contributed by atoms with Gasteiger partial charge in [-0.3, -0.25) is 4.79 Å². The minimum Gasteiger partial charge on any atom is -0.355 e. The normalized spacial score (nSPS) is 11.5. The van der Waals surface area contributed by atoms with E-state index in [-0.39, 0.29) is 16.6 Å². The van der Waals surface area contributed by atoms with Gasteiger partial charge >= 0.3 is 6.18 Å². The highest BCUT2D eigenvalue weighted by atomic mass is 32.2. The fourth-order valence-corrected chi connectivity index (χ4v) is 3.58. The van der Waals surface area contributed by atoms with Gasteiger partial charge in [-0.2, -0.15) is 13.2 Å². The molecule has 0 amide bonds. The molecular formula is C20H16F3NOS. The van der Waals surface area contributed by atoms with E-state index in [1.54, 1.807) is 24.0 Å². The highest BCUT2D eigenvalue weighted by molar-refractivity contribution is 7.98. The van der Waals surface area contributed by atoms with Gasteiger partial charge in [0.25, 0.3) is 0 Å². The Labute approximate surface area is 153 Å². The lowest BCUT2D eigenvalue weighted by Gasteiger charge is -2.11. The summed E-state index contributed by atoms with van der Waals surface area (Å²) in [5.41, 5.74) is 0.575. The van der Waals surface area contributed by atoms with Crippen LogP contribution in [0.2, 0.25) is 0 Å². The number of nitrogens with zero attached hydrogens (tertiary/aromatic N) is 1. The summed E-state index contributed by atoms with van der Waals surface area (Å²) in [4.78, 5) is 13.3. The summed E-state index contributed by atoms with van der Waals surface area (Å²) in [5.74, 6) is 0.613. The SMILES string of the molecule is Cn1cc(SCc2ccccc2)c(=O)c(-c2cccc(C(F)(F)F)c2)c1. The third-order valence-electron chi connectivity index (χ3n) is 3.86. The van der Waals surface area contributed by atoms with Gasteiger partial charge in [-0.1, -0.05) is 42.5 Å². The first-order chi connectivity index (χ1) is 12.3. The molecule has 0 radical (unpaired) electrons. The minimum atomic E-state index is -4.44. The summed E-state index contributed by atoms with van der Waals surface area (Å²) in [6.07, 6.45) is -1.18. The molecule has 0 N–H and O–H groups in total. The van der Waals surface area contributed by atoms with Crippen LogP contribution in [0, 0.1) is 0 Å². The standard InChI is InChI=1S/C20H16F3NOS/c1-24-11-17(15-8-5-9-16(10-15)20(21,22)23)19(25)18(12-24)26-13-14-6-3-2-4-7-14/h2-12H,13H2,1H3. The molecule has 0 aliphatic rings. The van der Waals surface area contributed by atoms with Gasteiger partial charge in [0.1, 0.15) is 0 Å². The smallest absolute Gasteiger partial charge is 0.355 e. The second-order valence-corrected chi connectivity index (χ2v) is 6.90. The Morgan fingerprint density at radius 2 is 1.73 bits per heavy atom. The second kappa shape index (κ2) is 7.41. The lowest BCUT2D eigenvalue weighted by molar-refractivity contribution is -0.137. The van der Waals surface area contributed by atoms with Gasteiger partial charge in [0.05, 0.1) is 10.5 Å². The van der Waals surface area contributed by atoms with Crippen LogP contribution in [0.1, 0.15) is 11.1 Å². The summed E-state index contributed by atoms with van der Waals surface area (Å²) in [5, 5.41) is 0. The molecule has 2 aromatic carbocycles. The summed E-state index contributed by atoms with van der Waals surface area (Å²) in [6, 6.07) is 14.6. The van der Waals surface area contributed by atoms with Crippen molar-refractivity contribution in [2.45, 2.75) is 16.8 Å². The van der Waals surface area contributed by atoms with Crippen molar-refractivity contribution >= 4 is 11.8 Å². The highest BCUT2D eigenvalue weighted by Gasteiger charge is 2.30. The molecule has 0 atom stereocenters. The number of aryl methyl sites for hydroxylation is 1. The van der Waals surface area contributed by atoms with E-state index < -0.39 is 11.7 Å². The topological polar surface area (TPSA) is 22.0 Å². The van der Waals surface area contributed by atoms with E-state index in [0.717, 1.165) is 17.7 Å². The molecule has 0 aliphatic heterocycles. The van der Waals surface area contributed by atoms with Crippen molar-refractivity contribution in [1.29, 1.82) is 0 Å². The van der Waals surface area contributed by atoms with Gasteiger partial charge in [0.15, 0.2) is 0 Å². The first-order valence-corrected chi connectivity index (χ1v) is 8.88. The Balaban J connectivity index is 1.96. The number of alkyl halides is 3. The summed E-state index contributed by atoms with van der Waals surface area (Å²) in [7, 11) is 1.75. The number of pyridine rings is 1. The van der Waals surface area contributed by atoms with Gasteiger partial charge in [-0.05, 0) is 23.3 Å². The maximum Gasteiger partial charge on any atom is 0.416 e. The molecular weight excluding hydrogens is 359 g/mol. The molecule has 3 rings (SSSR count). The van der Waals surface area contributed by atoms with Crippen LogP contribution in [0.15, 0.2) is 76.7 Å². The Kier molecular flexibility index (Phi) is 5.23. The monoisotopic (exact) mass is 375 g/mol. The van der Waals surface area contributed by atoms with E-state index in [9.17, 15) is 18.0 Å². The van der Waals surface area contributed by atoms with E-state index in [4.69, 9.17) is 0 Å². The fraction of sp³-hybridized carbons (Fsp3) is 0.150. The maximum atomic E-state index is 13.0. The molecule has 0 fully saturated rings. The molecule has 0 bridgehead atoms. The van der Waals surface area contributed by atoms with Crippen LogP contribution in [0.25, 0.3) is 11.1 Å². The molecule has 0 spiro atoms. The lowest BCUT2D eigenvalue weighted by Crippen LogP contribution is -2.12. The Morgan fingerprint density at radius 3 is 2.42 bits per heavy atom. The number of halogens is 3. The van der Waals surface area contributed by atoms with Gasteiger partial charge in [-0.15, -0.1) is 11.8 Å². The molecule has 0 unspecified atom stereocenters. The van der Waals surface area contributed by atoms with Crippen molar-refractivity contribution in [1.82, 2.24) is 4.57 Å².